The summed E-state index contributed by atoms with van der Waals surface area (Å²) in [7, 11) is 0. The maximum absolute atomic E-state index is 13.0. The van der Waals surface area contributed by atoms with E-state index in [2.05, 4.69) is 0 Å². The molecule has 7 nitrogen and oxygen atoms in total. The Labute approximate surface area is 149 Å². The Kier molecular flexibility index (Phi) is 6.61. The van der Waals surface area contributed by atoms with Gasteiger partial charge in [-0.3, -0.25) is 9.59 Å². The number of ether oxygens (including phenoxy) is 2. The molecule has 1 N–H and O–H groups in total. The Morgan fingerprint density at radius 1 is 1.08 bits per heavy atom. The Hall–Kier alpha value is -1.63. The zero-order chi connectivity index (χ0) is 19.6. The van der Waals surface area contributed by atoms with Gasteiger partial charge in [-0.05, 0) is 61.3 Å². The average molecular weight is 357 g/mol. The standard InChI is InChI=1S/C18H31NO6/c1-11(24-17(2,3)4)13(16(23)25-18(5,6)7)14(20)19-10-8-9-12(19)15(21)22/h11-13H,8-10H2,1-7H3,(H,21,22)/t11-,12+,13+/m1/s1. The molecule has 3 atom stereocenters. The molecule has 0 saturated carbocycles. The fourth-order valence-electron chi connectivity index (χ4n) is 2.95. The van der Waals surface area contributed by atoms with Crippen LogP contribution < -0.4 is 0 Å². The Morgan fingerprint density at radius 2 is 1.64 bits per heavy atom. The van der Waals surface area contributed by atoms with Gasteiger partial charge in [-0.1, -0.05) is 0 Å². The number of hydrogen-bond donors (Lipinski definition) is 1. The molecule has 0 aromatic heterocycles. The highest BCUT2D eigenvalue weighted by Gasteiger charge is 2.44. The average Bonchev–Trinajstić information content (AvgIpc) is 2.82. The molecule has 1 amide bonds. The van der Waals surface area contributed by atoms with Crippen molar-refractivity contribution in [2.75, 3.05) is 6.54 Å². The lowest BCUT2D eigenvalue weighted by atomic mass is 9.99. The second kappa shape index (κ2) is 7.72. The zero-order valence-corrected chi connectivity index (χ0v) is 16.3. The third-order valence-electron chi connectivity index (χ3n) is 3.76. The second-order valence-electron chi connectivity index (χ2n) is 8.47. The number of hydrogen-bond acceptors (Lipinski definition) is 5. The minimum absolute atomic E-state index is 0.317. The first kappa shape index (κ1) is 21.4. The SMILES string of the molecule is C[C@@H](OC(C)(C)C)[C@H](C(=O)OC(C)(C)C)C(=O)N1CCC[C@H]1C(=O)O. The second-order valence-corrected chi connectivity index (χ2v) is 8.47. The summed E-state index contributed by atoms with van der Waals surface area (Å²) in [6.45, 7) is 12.6. The van der Waals surface area contributed by atoms with E-state index < -0.39 is 47.1 Å². The molecule has 1 rings (SSSR count). The highest BCUT2D eigenvalue weighted by Crippen LogP contribution is 2.26. The number of rotatable bonds is 5. The van der Waals surface area contributed by atoms with Gasteiger partial charge in [0, 0.05) is 6.54 Å². The number of carboxylic acid groups (broad SMARTS) is 1. The van der Waals surface area contributed by atoms with Crippen molar-refractivity contribution in [3.63, 3.8) is 0 Å². The largest absolute Gasteiger partial charge is 0.480 e. The first-order valence-corrected chi connectivity index (χ1v) is 8.67. The Bertz CT molecular complexity index is 517. The van der Waals surface area contributed by atoms with E-state index in [0.29, 0.717) is 19.4 Å². The van der Waals surface area contributed by atoms with Crippen molar-refractivity contribution in [3.8, 4) is 0 Å². The minimum atomic E-state index is -1.20. The van der Waals surface area contributed by atoms with Crippen LogP contribution in [0.1, 0.15) is 61.3 Å². The van der Waals surface area contributed by atoms with Gasteiger partial charge in [0.25, 0.3) is 0 Å². The third kappa shape index (κ3) is 6.30. The number of nitrogens with zero attached hydrogens (tertiary/aromatic N) is 1. The number of carboxylic acids is 1. The molecule has 1 aliphatic heterocycles. The van der Waals surface area contributed by atoms with Crippen molar-refractivity contribution in [2.24, 2.45) is 5.92 Å². The number of esters is 1. The van der Waals surface area contributed by atoms with Crippen LogP contribution in [0.2, 0.25) is 0 Å². The van der Waals surface area contributed by atoms with Gasteiger partial charge < -0.3 is 19.5 Å². The van der Waals surface area contributed by atoms with Gasteiger partial charge in [-0.2, -0.15) is 0 Å². The molecule has 1 saturated heterocycles. The van der Waals surface area contributed by atoms with Crippen molar-refractivity contribution < 1.29 is 29.0 Å². The topological polar surface area (TPSA) is 93.1 Å². The van der Waals surface area contributed by atoms with E-state index >= 15 is 0 Å². The highest BCUT2D eigenvalue weighted by atomic mass is 16.6. The predicted octanol–water partition coefficient (Wildman–Crippen LogP) is 2.22. The fourth-order valence-corrected chi connectivity index (χ4v) is 2.95. The quantitative estimate of drug-likeness (QED) is 0.599. The maximum atomic E-state index is 13.0. The molecule has 7 heteroatoms. The number of carbonyl (C=O) groups is 3. The van der Waals surface area contributed by atoms with E-state index in [0.717, 1.165) is 0 Å². The van der Waals surface area contributed by atoms with Gasteiger partial charge in [0.05, 0.1) is 11.7 Å². The van der Waals surface area contributed by atoms with Crippen LogP contribution in [0.5, 0.6) is 0 Å². The van der Waals surface area contributed by atoms with Crippen LogP contribution >= 0.6 is 0 Å². The molecule has 0 aliphatic carbocycles. The molecule has 1 aliphatic rings. The van der Waals surface area contributed by atoms with Crippen LogP contribution in [0.25, 0.3) is 0 Å². The van der Waals surface area contributed by atoms with E-state index in [1.165, 1.54) is 4.90 Å². The molecule has 25 heavy (non-hydrogen) atoms. The van der Waals surface area contributed by atoms with Gasteiger partial charge in [0.1, 0.15) is 11.6 Å². The summed E-state index contributed by atoms with van der Waals surface area (Å²) in [6, 6.07) is -0.903. The third-order valence-corrected chi connectivity index (χ3v) is 3.76. The molecule has 0 spiro atoms. The summed E-state index contributed by atoms with van der Waals surface area (Å²) in [5.74, 6) is -3.49. The van der Waals surface area contributed by atoms with E-state index in [1.54, 1.807) is 27.7 Å². The van der Waals surface area contributed by atoms with Crippen LogP contribution in [-0.2, 0) is 23.9 Å². The maximum Gasteiger partial charge on any atom is 0.326 e. The molecule has 1 fully saturated rings. The van der Waals surface area contributed by atoms with Crippen LogP contribution in [0, 0.1) is 5.92 Å². The lowest BCUT2D eigenvalue weighted by Crippen LogP contribution is -2.51. The molecule has 1 heterocycles. The van der Waals surface area contributed by atoms with Crippen molar-refractivity contribution in [1.82, 2.24) is 4.90 Å². The number of amides is 1. The monoisotopic (exact) mass is 357 g/mol. The normalized spacial score (nSPS) is 20.9. The van der Waals surface area contributed by atoms with Gasteiger partial charge in [0.2, 0.25) is 5.91 Å². The van der Waals surface area contributed by atoms with E-state index in [4.69, 9.17) is 9.47 Å². The van der Waals surface area contributed by atoms with E-state index in [1.807, 2.05) is 20.8 Å². The summed E-state index contributed by atoms with van der Waals surface area (Å²) < 4.78 is 11.2. The summed E-state index contributed by atoms with van der Waals surface area (Å²) in [5.41, 5.74) is -1.31. The van der Waals surface area contributed by atoms with Crippen LogP contribution in [0.15, 0.2) is 0 Å². The summed E-state index contributed by atoms with van der Waals surface area (Å²) in [4.78, 5) is 38.3. The fraction of sp³-hybridized carbons (Fsp3) is 0.833. The summed E-state index contributed by atoms with van der Waals surface area (Å²) >= 11 is 0. The minimum Gasteiger partial charge on any atom is -0.480 e. The zero-order valence-electron chi connectivity index (χ0n) is 16.3. The van der Waals surface area contributed by atoms with Crippen molar-refractivity contribution in [2.45, 2.75) is 84.7 Å². The van der Waals surface area contributed by atoms with Crippen molar-refractivity contribution in [3.05, 3.63) is 0 Å². The molecule has 0 bridgehead atoms. The van der Waals surface area contributed by atoms with Crippen molar-refractivity contribution in [1.29, 1.82) is 0 Å². The molecule has 0 unspecified atom stereocenters. The number of likely N-dealkylation sites (tertiary alicyclic amines) is 1. The molecule has 0 radical (unpaired) electrons. The molecule has 0 aromatic carbocycles. The molecule has 144 valence electrons. The van der Waals surface area contributed by atoms with E-state index in [9.17, 15) is 19.5 Å². The van der Waals surface area contributed by atoms with Crippen LogP contribution in [0.4, 0.5) is 0 Å². The van der Waals surface area contributed by atoms with Gasteiger partial charge in [-0.25, -0.2) is 4.79 Å². The summed E-state index contributed by atoms with van der Waals surface area (Å²) in [5, 5.41) is 9.32. The van der Waals surface area contributed by atoms with E-state index in [-0.39, 0.29) is 0 Å². The van der Waals surface area contributed by atoms with Crippen LogP contribution in [0.3, 0.4) is 0 Å². The van der Waals surface area contributed by atoms with Gasteiger partial charge >= 0.3 is 11.9 Å². The van der Waals surface area contributed by atoms with Gasteiger partial charge in [0.15, 0.2) is 5.92 Å². The number of aliphatic carboxylic acids is 1. The lowest BCUT2D eigenvalue weighted by molar-refractivity contribution is -0.177. The lowest BCUT2D eigenvalue weighted by Gasteiger charge is -2.33. The Morgan fingerprint density at radius 3 is 2.08 bits per heavy atom. The first-order chi connectivity index (χ1) is 11.2. The van der Waals surface area contributed by atoms with Gasteiger partial charge in [-0.15, -0.1) is 0 Å². The molecular weight excluding hydrogens is 326 g/mol. The summed E-state index contributed by atoms with van der Waals surface area (Å²) in [6.07, 6.45) is 0.243. The molecular formula is C18H31NO6. The predicted molar refractivity (Wildman–Crippen MR) is 92.0 cm³/mol. The Balaban J connectivity index is 3.10. The van der Waals surface area contributed by atoms with Crippen molar-refractivity contribution >= 4 is 17.8 Å². The molecule has 0 aromatic rings. The first-order valence-electron chi connectivity index (χ1n) is 8.67. The van der Waals surface area contributed by atoms with Crippen LogP contribution in [-0.4, -0.2) is 57.7 Å². The number of carbonyl (C=O) groups excluding carboxylic acids is 2. The smallest absolute Gasteiger partial charge is 0.326 e. The highest BCUT2D eigenvalue weighted by molar-refractivity contribution is 6.00.